The first-order chi connectivity index (χ1) is 5.59. The highest BCUT2D eigenvalue weighted by atomic mass is 32.2. The fourth-order valence-corrected chi connectivity index (χ4v) is 0.889. The first kappa shape index (κ1) is 11.2. The Morgan fingerprint density at radius 1 is 1.58 bits per heavy atom. The molecule has 5 nitrogen and oxygen atoms in total. The van der Waals surface area contributed by atoms with Crippen molar-refractivity contribution in [1.29, 1.82) is 5.41 Å². The van der Waals surface area contributed by atoms with Gasteiger partial charge in [-0.15, -0.1) is 10.9 Å². The number of nitrogens with two attached hydrogens (primary N) is 1. The molecule has 1 atom stereocenters. The SMILES string of the molecule is COCCOC(=O)[SH](C)C(=N)N. The molecule has 0 aliphatic heterocycles. The van der Waals surface area contributed by atoms with Gasteiger partial charge >= 0.3 is 5.30 Å². The van der Waals surface area contributed by atoms with Crippen molar-refractivity contribution < 1.29 is 14.3 Å². The van der Waals surface area contributed by atoms with Crippen molar-refractivity contribution in [1.82, 2.24) is 0 Å². The van der Waals surface area contributed by atoms with Crippen LogP contribution in [0.25, 0.3) is 0 Å². The number of carbonyl (C=O) groups is 1. The quantitative estimate of drug-likeness (QED) is 0.198. The van der Waals surface area contributed by atoms with E-state index in [0.29, 0.717) is 6.61 Å². The van der Waals surface area contributed by atoms with Crippen LogP contribution < -0.4 is 5.73 Å². The predicted molar refractivity (Wildman–Crippen MR) is 50.0 cm³/mol. The number of amidine groups is 1. The molecule has 0 bridgehead atoms. The van der Waals surface area contributed by atoms with E-state index in [1.165, 1.54) is 7.11 Å². The van der Waals surface area contributed by atoms with Gasteiger partial charge < -0.3 is 15.2 Å². The zero-order chi connectivity index (χ0) is 9.56. The van der Waals surface area contributed by atoms with E-state index in [4.69, 9.17) is 15.9 Å². The molecule has 0 amide bonds. The number of methoxy groups -OCH3 is 1. The van der Waals surface area contributed by atoms with Gasteiger partial charge in [-0.1, -0.05) is 0 Å². The summed E-state index contributed by atoms with van der Waals surface area (Å²) in [4.78, 5) is 11.0. The van der Waals surface area contributed by atoms with Gasteiger partial charge in [-0.3, -0.25) is 5.41 Å². The number of hydrogen-bond acceptors (Lipinski definition) is 4. The van der Waals surface area contributed by atoms with Gasteiger partial charge in [0, 0.05) is 7.11 Å². The first-order valence-electron chi connectivity index (χ1n) is 3.33. The number of rotatable bonds is 3. The summed E-state index contributed by atoms with van der Waals surface area (Å²) in [5.41, 5.74) is 5.12. The van der Waals surface area contributed by atoms with E-state index in [0.717, 1.165) is 0 Å². The van der Waals surface area contributed by atoms with E-state index >= 15 is 0 Å². The van der Waals surface area contributed by atoms with E-state index in [2.05, 4.69) is 4.74 Å². The molecule has 72 valence electrons. The molecule has 6 heteroatoms. The van der Waals surface area contributed by atoms with Crippen LogP contribution in [-0.4, -0.2) is 37.0 Å². The average Bonchev–Trinajstić information content (AvgIpc) is 2.03. The molecule has 0 heterocycles. The van der Waals surface area contributed by atoms with Crippen LogP contribution in [-0.2, 0) is 9.47 Å². The molecular weight excluding hydrogens is 180 g/mol. The summed E-state index contributed by atoms with van der Waals surface area (Å²) >= 11 is 0. The molecule has 0 aromatic carbocycles. The van der Waals surface area contributed by atoms with Crippen LogP contribution in [0.5, 0.6) is 0 Å². The lowest BCUT2D eigenvalue weighted by Gasteiger charge is -2.12. The van der Waals surface area contributed by atoms with Gasteiger partial charge in [-0.2, -0.15) is 0 Å². The Hall–Kier alpha value is -0.750. The Morgan fingerprint density at radius 2 is 2.17 bits per heavy atom. The Balaban J connectivity index is 3.65. The third kappa shape index (κ3) is 4.20. The topological polar surface area (TPSA) is 85.4 Å². The number of hydrogen-bond donors (Lipinski definition) is 3. The fourth-order valence-electron chi connectivity index (χ4n) is 0.407. The summed E-state index contributed by atoms with van der Waals surface area (Å²) in [6, 6.07) is 0. The molecule has 0 radical (unpaired) electrons. The molecule has 0 aliphatic rings. The summed E-state index contributed by atoms with van der Waals surface area (Å²) in [5, 5.41) is 6.45. The number of ether oxygens (including phenoxy) is 2. The molecule has 0 aromatic rings. The van der Waals surface area contributed by atoms with Crippen LogP contribution in [0.15, 0.2) is 0 Å². The smallest absolute Gasteiger partial charge is 0.353 e. The zero-order valence-corrected chi connectivity index (χ0v) is 8.06. The highest BCUT2D eigenvalue weighted by Crippen LogP contribution is 2.21. The Labute approximate surface area is 74.1 Å². The maximum absolute atomic E-state index is 11.0. The van der Waals surface area contributed by atoms with Crippen LogP contribution in [0.1, 0.15) is 0 Å². The summed E-state index contributed by atoms with van der Waals surface area (Å²) in [7, 11) is 0.248. The first-order valence-corrected chi connectivity index (χ1v) is 5.12. The van der Waals surface area contributed by atoms with Crippen molar-refractivity contribution in [2.45, 2.75) is 0 Å². The van der Waals surface area contributed by atoms with E-state index in [9.17, 15) is 4.79 Å². The summed E-state index contributed by atoms with van der Waals surface area (Å²) in [6.07, 6.45) is 1.59. The molecule has 0 saturated heterocycles. The number of thiol groups is 1. The Morgan fingerprint density at radius 3 is 2.58 bits per heavy atom. The molecule has 0 spiro atoms. The van der Waals surface area contributed by atoms with Gasteiger partial charge in [-0.25, -0.2) is 4.79 Å². The molecule has 0 aliphatic carbocycles. The second-order valence-electron chi connectivity index (χ2n) is 2.05. The van der Waals surface area contributed by atoms with Crippen molar-refractivity contribution in [3.63, 3.8) is 0 Å². The second kappa shape index (κ2) is 5.84. The predicted octanol–water partition coefficient (Wildman–Crippen LogP) is 0.294. The highest BCUT2D eigenvalue weighted by Gasteiger charge is 2.12. The van der Waals surface area contributed by atoms with Gasteiger partial charge in [0.25, 0.3) is 0 Å². The normalized spacial score (nSPS) is 13.7. The molecule has 0 rings (SSSR count). The van der Waals surface area contributed by atoms with Gasteiger partial charge in [-0.05, 0) is 6.26 Å². The summed E-state index contributed by atoms with van der Waals surface area (Å²) in [6.45, 7) is 0.585. The maximum atomic E-state index is 11.0. The fraction of sp³-hybridized carbons (Fsp3) is 0.667. The van der Waals surface area contributed by atoms with Gasteiger partial charge in [0.15, 0.2) is 0 Å². The van der Waals surface area contributed by atoms with Crippen LogP contribution >= 0.6 is 10.9 Å². The zero-order valence-electron chi connectivity index (χ0n) is 7.16. The van der Waals surface area contributed by atoms with Gasteiger partial charge in [0.05, 0.1) is 6.61 Å². The lowest BCUT2D eigenvalue weighted by atomic mass is 10.8. The molecular formula is C6H14N2O3S. The minimum absolute atomic E-state index is 0.118. The molecule has 0 fully saturated rings. The minimum atomic E-state index is -1.27. The monoisotopic (exact) mass is 194 g/mol. The van der Waals surface area contributed by atoms with Crippen molar-refractivity contribution in [3.8, 4) is 0 Å². The van der Waals surface area contributed by atoms with Crippen LogP contribution in [0, 0.1) is 5.41 Å². The molecule has 1 unspecified atom stereocenters. The lowest BCUT2D eigenvalue weighted by molar-refractivity contribution is 0.114. The Kier molecular flexibility index (Phi) is 5.48. The van der Waals surface area contributed by atoms with E-state index in [1.807, 2.05) is 0 Å². The van der Waals surface area contributed by atoms with E-state index < -0.39 is 16.2 Å². The van der Waals surface area contributed by atoms with Crippen LogP contribution in [0.4, 0.5) is 4.79 Å². The lowest BCUT2D eigenvalue weighted by Crippen LogP contribution is -2.17. The Bertz CT molecular complexity index is 174. The van der Waals surface area contributed by atoms with Crippen LogP contribution in [0.3, 0.4) is 0 Å². The number of nitrogens with one attached hydrogen (secondary N) is 1. The second-order valence-corrected chi connectivity index (χ2v) is 4.02. The number of carbonyl (C=O) groups excluding carboxylic acids is 1. The third-order valence-corrected chi connectivity index (χ3v) is 2.55. The van der Waals surface area contributed by atoms with Gasteiger partial charge in [0.1, 0.15) is 11.8 Å². The standard InChI is InChI=1S/C6H14N2O3S/c1-10-3-4-11-6(9)12(2)5(7)8/h12H,3-4H2,1-2H3,(H3,7,8). The molecule has 0 saturated carbocycles. The van der Waals surface area contributed by atoms with Crippen LogP contribution in [0.2, 0.25) is 0 Å². The largest absolute Gasteiger partial charge is 0.456 e. The van der Waals surface area contributed by atoms with E-state index in [1.54, 1.807) is 6.26 Å². The maximum Gasteiger partial charge on any atom is 0.353 e. The molecule has 3 N–H and O–H groups in total. The average molecular weight is 194 g/mol. The van der Waals surface area contributed by atoms with Crippen molar-refractivity contribution in [3.05, 3.63) is 0 Å². The summed E-state index contributed by atoms with van der Waals surface area (Å²) in [5.74, 6) is 0. The van der Waals surface area contributed by atoms with Crippen molar-refractivity contribution >= 4 is 21.4 Å². The summed E-state index contributed by atoms with van der Waals surface area (Å²) < 4.78 is 9.43. The van der Waals surface area contributed by atoms with Crippen molar-refractivity contribution in [2.75, 3.05) is 26.6 Å². The van der Waals surface area contributed by atoms with Gasteiger partial charge in [0.2, 0.25) is 0 Å². The van der Waals surface area contributed by atoms with Crippen molar-refractivity contribution in [2.24, 2.45) is 5.73 Å². The highest BCUT2D eigenvalue weighted by molar-refractivity contribution is 8.40. The molecule has 12 heavy (non-hydrogen) atoms. The van der Waals surface area contributed by atoms with E-state index in [-0.39, 0.29) is 11.8 Å². The molecule has 0 aromatic heterocycles. The third-order valence-electron chi connectivity index (χ3n) is 1.15. The minimum Gasteiger partial charge on any atom is -0.456 e.